The second-order valence-electron chi connectivity index (χ2n) is 4.82. The van der Waals surface area contributed by atoms with E-state index in [2.05, 4.69) is 31.1 Å². The number of aromatic amines is 1. The molecule has 0 aliphatic heterocycles. The number of hydrogen-bond donors (Lipinski definition) is 2. The van der Waals surface area contributed by atoms with Crippen LogP contribution < -0.4 is 0 Å². The second-order valence-corrected chi connectivity index (χ2v) is 5.74. The maximum absolute atomic E-state index is 12.0. The number of aromatic hydroxyl groups is 1. The Kier molecular flexibility index (Phi) is 4.09. The van der Waals surface area contributed by atoms with Crippen molar-refractivity contribution in [3.63, 3.8) is 0 Å². The zero-order valence-electron chi connectivity index (χ0n) is 11.9. The van der Waals surface area contributed by atoms with Crippen molar-refractivity contribution in [1.82, 2.24) is 4.98 Å². The number of nitro groups is 1. The first-order valence-corrected chi connectivity index (χ1v) is 7.46. The zero-order valence-corrected chi connectivity index (χ0v) is 13.5. The van der Waals surface area contributed by atoms with Gasteiger partial charge in [-0.2, -0.15) is 0 Å². The van der Waals surface area contributed by atoms with Crippen LogP contribution >= 0.6 is 15.9 Å². The molecule has 0 fully saturated rings. The van der Waals surface area contributed by atoms with E-state index in [1.807, 2.05) is 0 Å². The van der Waals surface area contributed by atoms with Crippen molar-refractivity contribution in [3.8, 4) is 5.88 Å². The van der Waals surface area contributed by atoms with E-state index >= 15 is 0 Å². The van der Waals surface area contributed by atoms with Crippen LogP contribution in [-0.4, -0.2) is 20.9 Å². The number of hydrogen-bond acceptors (Lipinski definition) is 5. The maximum Gasteiger partial charge on any atom is 0.295 e. The van der Waals surface area contributed by atoms with Crippen molar-refractivity contribution in [3.05, 3.63) is 62.6 Å². The fraction of sp³-hybridized carbons (Fsp3) is 0. The first kappa shape index (κ1) is 15.8. The molecule has 9 heteroatoms. The van der Waals surface area contributed by atoms with Crippen molar-refractivity contribution in [1.29, 1.82) is 0 Å². The molecule has 8 nitrogen and oxygen atoms in total. The minimum absolute atomic E-state index is 0.0305. The molecule has 120 valence electrons. The van der Waals surface area contributed by atoms with Crippen LogP contribution in [0.3, 0.4) is 0 Å². The summed E-state index contributed by atoms with van der Waals surface area (Å²) in [6, 6.07) is 10.6. The van der Waals surface area contributed by atoms with E-state index in [4.69, 9.17) is 0 Å². The fourth-order valence-electron chi connectivity index (χ4n) is 2.14. The monoisotopic (exact) mass is 388 g/mol. The number of nitrogens with one attached hydrogen (secondary N) is 1. The smallest absolute Gasteiger partial charge is 0.295 e. The molecule has 0 atom stereocenters. The Bertz CT molecular complexity index is 996. The number of halogens is 1. The molecule has 0 saturated carbocycles. The number of nitro benzene ring substituents is 1. The first-order valence-electron chi connectivity index (χ1n) is 6.66. The van der Waals surface area contributed by atoms with E-state index in [0.29, 0.717) is 20.9 Å². The van der Waals surface area contributed by atoms with E-state index < -0.39 is 10.8 Å². The van der Waals surface area contributed by atoms with Gasteiger partial charge in [-0.1, -0.05) is 22.0 Å². The Morgan fingerprint density at radius 1 is 1.25 bits per heavy atom. The van der Waals surface area contributed by atoms with Gasteiger partial charge >= 0.3 is 0 Å². The third kappa shape index (κ3) is 3.01. The van der Waals surface area contributed by atoms with Crippen LogP contribution in [0.15, 0.2) is 57.2 Å². The third-order valence-corrected chi connectivity index (χ3v) is 3.75. The number of azo groups is 1. The number of carbonyl (C=O) groups excluding carboxylic acids is 1. The van der Waals surface area contributed by atoms with Gasteiger partial charge < -0.3 is 10.1 Å². The summed E-state index contributed by atoms with van der Waals surface area (Å²) in [7, 11) is 0. The molecule has 0 radical (unpaired) electrons. The molecule has 24 heavy (non-hydrogen) atoms. The quantitative estimate of drug-likeness (QED) is 0.390. The van der Waals surface area contributed by atoms with Gasteiger partial charge in [-0.3, -0.25) is 14.9 Å². The van der Waals surface area contributed by atoms with E-state index in [9.17, 15) is 20.0 Å². The maximum atomic E-state index is 12.0. The van der Waals surface area contributed by atoms with Crippen molar-refractivity contribution < 1.29 is 14.8 Å². The molecule has 0 aliphatic carbocycles. The van der Waals surface area contributed by atoms with Crippen LogP contribution in [0.4, 0.5) is 11.4 Å². The predicted molar refractivity (Wildman–Crippen MR) is 89.6 cm³/mol. The van der Waals surface area contributed by atoms with Gasteiger partial charge in [0.2, 0.25) is 5.88 Å². The zero-order chi connectivity index (χ0) is 17.3. The number of nitrogens with zero attached hydrogens (tertiary/aromatic N) is 3. The molecular weight excluding hydrogens is 380 g/mol. The highest BCUT2D eigenvalue weighted by molar-refractivity contribution is 9.10. The highest BCUT2D eigenvalue weighted by Gasteiger charge is 2.15. The summed E-state index contributed by atoms with van der Waals surface area (Å²) in [6.07, 6.45) is 0. The summed E-state index contributed by atoms with van der Waals surface area (Å²) in [4.78, 5) is 25.0. The Morgan fingerprint density at radius 2 is 2.04 bits per heavy atom. The molecule has 0 saturated heterocycles. The van der Waals surface area contributed by atoms with Crippen LogP contribution in [0.25, 0.3) is 10.9 Å². The Labute approximate surface area is 143 Å². The number of rotatable bonds is 3. The molecule has 0 unspecified atom stereocenters. The molecule has 1 heterocycles. The number of amides is 1. The SMILES string of the molecule is O=C(N=Nc1c(O)[nH]c2ccc([N+](=O)[O-])cc12)c1cccc(Br)c1. The van der Waals surface area contributed by atoms with Gasteiger partial charge in [0.15, 0.2) is 5.69 Å². The van der Waals surface area contributed by atoms with Gasteiger partial charge in [0.05, 0.1) is 10.4 Å². The standard InChI is InChI=1S/C15H9BrN4O4/c16-9-3-1-2-8(6-9)14(21)19-18-13-11-7-10(20(23)24)4-5-12(11)17-15(13)22/h1-7,17,22H. The largest absolute Gasteiger partial charge is 0.493 e. The van der Waals surface area contributed by atoms with E-state index in [-0.39, 0.29) is 17.3 Å². The van der Waals surface area contributed by atoms with E-state index in [1.54, 1.807) is 24.3 Å². The lowest BCUT2D eigenvalue weighted by Crippen LogP contribution is -1.92. The molecule has 0 spiro atoms. The summed E-state index contributed by atoms with van der Waals surface area (Å²) in [5.41, 5.74) is 0.578. The fourth-order valence-corrected chi connectivity index (χ4v) is 2.54. The van der Waals surface area contributed by atoms with Gasteiger partial charge in [-0.05, 0) is 24.3 Å². The molecule has 3 rings (SSSR count). The van der Waals surface area contributed by atoms with E-state index in [0.717, 1.165) is 0 Å². The highest BCUT2D eigenvalue weighted by Crippen LogP contribution is 2.37. The summed E-state index contributed by atoms with van der Waals surface area (Å²) >= 11 is 3.25. The summed E-state index contributed by atoms with van der Waals surface area (Å²) in [5, 5.41) is 28.4. The van der Waals surface area contributed by atoms with Gasteiger partial charge in [-0.15, -0.1) is 10.2 Å². The van der Waals surface area contributed by atoms with Crippen LogP contribution in [-0.2, 0) is 0 Å². The summed E-state index contributed by atoms with van der Waals surface area (Å²) in [5.74, 6) is -0.924. The average Bonchev–Trinajstić information content (AvgIpc) is 2.87. The van der Waals surface area contributed by atoms with Crippen molar-refractivity contribution in [2.24, 2.45) is 10.2 Å². The molecule has 1 aromatic heterocycles. The predicted octanol–water partition coefficient (Wildman–Crippen LogP) is 4.47. The number of benzene rings is 2. The minimum atomic E-state index is -0.601. The lowest BCUT2D eigenvalue weighted by Gasteiger charge is -1.96. The molecule has 2 aromatic carbocycles. The molecule has 0 aliphatic rings. The molecule has 2 N–H and O–H groups in total. The number of non-ortho nitro benzene ring substituents is 1. The summed E-state index contributed by atoms with van der Waals surface area (Å²) < 4.78 is 0.717. The van der Waals surface area contributed by atoms with Crippen molar-refractivity contribution in [2.75, 3.05) is 0 Å². The number of aromatic nitrogens is 1. The van der Waals surface area contributed by atoms with Gasteiger partial charge in [0, 0.05) is 27.6 Å². The first-order chi connectivity index (χ1) is 11.5. The Hall–Kier alpha value is -3.07. The van der Waals surface area contributed by atoms with Gasteiger partial charge in [-0.25, -0.2) is 0 Å². The minimum Gasteiger partial charge on any atom is -0.493 e. The van der Waals surface area contributed by atoms with E-state index in [1.165, 1.54) is 18.2 Å². The lowest BCUT2D eigenvalue weighted by molar-refractivity contribution is -0.384. The molecular formula is C15H9BrN4O4. The Balaban J connectivity index is 1.99. The molecule has 1 amide bonds. The number of carbonyl (C=O) groups is 1. The molecule has 3 aromatic rings. The van der Waals surface area contributed by atoms with Crippen LogP contribution in [0.5, 0.6) is 5.88 Å². The lowest BCUT2D eigenvalue weighted by atomic mass is 10.2. The normalized spacial score (nSPS) is 11.2. The van der Waals surface area contributed by atoms with Crippen LogP contribution in [0.2, 0.25) is 0 Å². The third-order valence-electron chi connectivity index (χ3n) is 3.26. The van der Waals surface area contributed by atoms with Crippen LogP contribution in [0.1, 0.15) is 10.4 Å². The van der Waals surface area contributed by atoms with Gasteiger partial charge in [0.1, 0.15) is 0 Å². The summed E-state index contributed by atoms with van der Waals surface area (Å²) in [6.45, 7) is 0. The average molecular weight is 389 g/mol. The topological polar surface area (TPSA) is 121 Å². The number of H-pyrrole nitrogens is 1. The van der Waals surface area contributed by atoms with Crippen LogP contribution in [0, 0.1) is 10.1 Å². The number of fused-ring (bicyclic) bond motifs is 1. The highest BCUT2D eigenvalue weighted by atomic mass is 79.9. The Morgan fingerprint density at radius 3 is 2.75 bits per heavy atom. The van der Waals surface area contributed by atoms with Gasteiger partial charge in [0.25, 0.3) is 11.6 Å². The second kappa shape index (κ2) is 6.20. The van der Waals surface area contributed by atoms with Crippen molar-refractivity contribution >= 4 is 44.1 Å². The molecule has 0 bridgehead atoms. The van der Waals surface area contributed by atoms with Crippen molar-refractivity contribution in [2.45, 2.75) is 0 Å².